The minimum absolute atomic E-state index is 0.212. The molecule has 0 aromatic carbocycles. The van der Waals surface area contributed by atoms with E-state index >= 15 is 0 Å². The number of thioether (sulfide) groups is 1. The molecule has 2 rings (SSSR count). The highest BCUT2D eigenvalue weighted by Crippen LogP contribution is 2.46. The lowest BCUT2D eigenvalue weighted by Gasteiger charge is -2.43. The number of amidine groups is 1. The molecule has 1 heterocycles. The first-order chi connectivity index (χ1) is 8.07. The van der Waals surface area contributed by atoms with Crippen molar-refractivity contribution < 1.29 is 0 Å². The Morgan fingerprint density at radius 1 is 1.06 bits per heavy atom. The molecule has 1 N–H and O–H groups in total. The summed E-state index contributed by atoms with van der Waals surface area (Å²) in [4.78, 5) is 4.99. The number of nitrogens with one attached hydrogen (secondary N) is 1. The summed E-state index contributed by atoms with van der Waals surface area (Å²) in [5.41, 5.74) is 1.06. The number of hydrogen-bond acceptors (Lipinski definition) is 2. The first kappa shape index (κ1) is 14.2. The SMILES string of the molecule is CC1(C)CC(N=C2NC(C)(C)CS2)CC(C)(C)C1. The molecule has 0 radical (unpaired) electrons. The molecule has 2 aliphatic rings. The van der Waals surface area contributed by atoms with Crippen LogP contribution in [0.15, 0.2) is 4.99 Å². The minimum atomic E-state index is 0.212. The third-order valence-corrected chi connectivity index (χ3v) is 5.20. The predicted octanol–water partition coefficient (Wildman–Crippen LogP) is 4.06. The molecular formula is C15H28N2S. The average Bonchev–Trinajstić information content (AvgIpc) is 2.38. The zero-order valence-corrected chi connectivity index (χ0v) is 13.6. The van der Waals surface area contributed by atoms with E-state index in [0.717, 1.165) is 5.75 Å². The van der Waals surface area contributed by atoms with Crippen molar-refractivity contribution in [1.29, 1.82) is 0 Å². The van der Waals surface area contributed by atoms with Crippen LogP contribution in [0.5, 0.6) is 0 Å². The highest BCUT2D eigenvalue weighted by molar-refractivity contribution is 8.14. The quantitative estimate of drug-likeness (QED) is 0.775. The first-order valence-electron chi connectivity index (χ1n) is 7.06. The molecule has 0 bridgehead atoms. The van der Waals surface area contributed by atoms with Gasteiger partial charge in [0, 0.05) is 11.3 Å². The maximum atomic E-state index is 4.99. The lowest BCUT2D eigenvalue weighted by molar-refractivity contribution is 0.0997. The Hall–Kier alpha value is -0.180. The van der Waals surface area contributed by atoms with Crippen molar-refractivity contribution in [1.82, 2.24) is 5.32 Å². The fourth-order valence-corrected chi connectivity index (χ4v) is 4.87. The summed E-state index contributed by atoms with van der Waals surface area (Å²) in [6.07, 6.45) is 3.76. The van der Waals surface area contributed by atoms with Gasteiger partial charge in [0.15, 0.2) is 5.17 Å². The van der Waals surface area contributed by atoms with Crippen molar-refractivity contribution in [2.45, 2.75) is 72.4 Å². The number of rotatable bonds is 1. The van der Waals surface area contributed by atoms with Crippen LogP contribution in [-0.4, -0.2) is 22.5 Å². The van der Waals surface area contributed by atoms with E-state index in [-0.39, 0.29) is 5.54 Å². The van der Waals surface area contributed by atoms with E-state index < -0.39 is 0 Å². The van der Waals surface area contributed by atoms with E-state index in [1.54, 1.807) is 0 Å². The van der Waals surface area contributed by atoms with E-state index in [9.17, 15) is 0 Å². The number of aliphatic imine (C=N–C) groups is 1. The molecule has 104 valence electrons. The van der Waals surface area contributed by atoms with Gasteiger partial charge in [-0.15, -0.1) is 0 Å². The predicted molar refractivity (Wildman–Crippen MR) is 82.3 cm³/mol. The van der Waals surface area contributed by atoms with Gasteiger partial charge in [-0.2, -0.15) is 0 Å². The molecule has 0 amide bonds. The molecule has 0 spiro atoms. The molecule has 18 heavy (non-hydrogen) atoms. The summed E-state index contributed by atoms with van der Waals surface area (Å²) >= 11 is 1.88. The molecule has 0 aromatic heterocycles. The van der Waals surface area contributed by atoms with Crippen LogP contribution in [0.4, 0.5) is 0 Å². The molecule has 0 aromatic rings. The number of hydrogen-bond donors (Lipinski definition) is 1. The van der Waals surface area contributed by atoms with Gasteiger partial charge in [-0.25, -0.2) is 0 Å². The molecule has 0 atom stereocenters. The van der Waals surface area contributed by atoms with Crippen LogP contribution in [0.1, 0.15) is 60.8 Å². The molecule has 1 aliphatic carbocycles. The van der Waals surface area contributed by atoms with Gasteiger partial charge in [0.1, 0.15) is 0 Å². The Bertz CT molecular complexity index is 340. The van der Waals surface area contributed by atoms with E-state index in [0.29, 0.717) is 16.9 Å². The third-order valence-electron chi connectivity index (χ3n) is 3.85. The van der Waals surface area contributed by atoms with Crippen LogP contribution in [-0.2, 0) is 0 Å². The van der Waals surface area contributed by atoms with Gasteiger partial charge < -0.3 is 5.32 Å². The first-order valence-corrected chi connectivity index (χ1v) is 8.04. The molecule has 1 aliphatic heterocycles. The zero-order valence-electron chi connectivity index (χ0n) is 12.8. The van der Waals surface area contributed by atoms with Gasteiger partial charge in [0.05, 0.1) is 6.04 Å². The smallest absolute Gasteiger partial charge is 0.157 e. The van der Waals surface area contributed by atoms with Crippen LogP contribution in [0.2, 0.25) is 0 Å². The van der Waals surface area contributed by atoms with Crippen molar-refractivity contribution in [2.24, 2.45) is 15.8 Å². The summed E-state index contributed by atoms with van der Waals surface area (Å²) < 4.78 is 0. The zero-order chi connectivity index (χ0) is 13.6. The minimum Gasteiger partial charge on any atom is -0.359 e. The standard InChI is InChI=1S/C15H28N2S/c1-13(2)7-11(8-14(3,4)9-13)16-12-17-15(5,6)10-18-12/h11H,7-10H2,1-6H3,(H,16,17). The lowest BCUT2D eigenvalue weighted by Crippen LogP contribution is -2.39. The number of nitrogens with zero attached hydrogens (tertiary/aromatic N) is 1. The second-order valence-electron chi connectivity index (χ2n) is 8.30. The van der Waals surface area contributed by atoms with Crippen LogP contribution in [0.3, 0.4) is 0 Å². The van der Waals surface area contributed by atoms with Crippen LogP contribution >= 0.6 is 11.8 Å². The Balaban J connectivity index is 2.08. The molecular weight excluding hydrogens is 240 g/mol. The third kappa shape index (κ3) is 3.66. The second-order valence-corrected chi connectivity index (χ2v) is 9.26. The maximum Gasteiger partial charge on any atom is 0.157 e. The summed E-state index contributed by atoms with van der Waals surface area (Å²) in [5, 5.41) is 4.71. The monoisotopic (exact) mass is 268 g/mol. The van der Waals surface area contributed by atoms with E-state index in [2.05, 4.69) is 46.9 Å². The molecule has 1 saturated carbocycles. The van der Waals surface area contributed by atoms with Gasteiger partial charge in [0.25, 0.3) is 0 Å². The van der Waals surface area contributed by atoms with Crippen molar-refractivity contribution in [3.8, 4) is 0 Å². The normalized spacial score (nSPS) is 32.4. The van der Waals surface area contributed by atoms with E-state index in [1.807, 2.05) is 11.8 Å². The van der Waals surface area contributed by atoms with Crippen LogP contribution in [0, 0.1) is 10.8 Å². The molecule has 3 heteroatoms. The van der Waals surface area contributed by atoms with Gasteiger partial charge in [-0.3, -0.25) is 4.99 Å². The highest BCUT2D eigenvalue weighted by Gasteiger charge is 2.39. The lowest BCUT2D eigenvalue weighted by atomic mass is 9.64. The Morgan fingerprint density at radius 2 is 1.61 bits per heavy atom. The van der Waals surface area contributed by atoms with E-state index in [1.165, 1.54) is 24.4 Å². The van der Waals surface area contributed by atoms with Crippen LogP contribution in [0.25, 0.3) is 0 Å². The molecule has 2 nitrogen and oxygen atoms in total. The average molecular weight is 268 g/mol. The summed E-state index contributed by atoms with van der Waals surface area (Å²) in [5.74, 6) is 1.13. The Labute approximate surface area is 116 Å². The van der Waals surface area contributed by atoms with Crippen molar-refractivity contribution in [3.05, 3.63) is 0 Å². The fraction of sp³-hybridized carbons (Fsp3) is 0.933. The molecule has 0 unspecified atom stereocenters. The van der Waals surface area contributed by atoms with Crippen molar-refractivity contribution in [3.63, 3.8) is 0 Å². The fourth-order valence-electron chi connectivity index (χ4n) is 3.72. The summed E-state index contributed by atoms with van der Waals surface area (Å²) in [7, 11) is 0. The van der Waals surface area contributed by atoms with Crippen LogP contribution < -0.4 is 5.32 Å². The van der Waals surface area contributed by atoms with Gasteiger partial charge in [0.2, 0.25) is 0 Å². The maximum absolute atomic E-state index is 4.99. The van der Waals surface area contributed by atoms with Crippen molar-refractivity contribution >= 4 is 16.9 Å². The van der Waals surface area contributed by atoms with Gasteiger partial charge >= 0.3 is 0 Å². The second kappa shape index (κ2) is 4.43. The topological polar surface area (TPSA) is 24.4 Å². The summed E-state index contributed by atoms with van der Waals surface area (Å²) in [6, 6.07) is 0.493. The highest BCUT2D eigenvalue weighted by atomic mass is 32.2. The van der Waals surface area contributed by atoms with E-state index in [4.69, 9.17) is 4.99 Å². The Kier molecular flexibility index (Phi) is 3.50. The summed E-state index contributed by atoms with van der Waals surface area (Å²) in [6.45, 7) is 14.1. The van der Waals surface area contributed by atoms with Crippen molar-refractivity contribution in [2.75, 3.05) is 5.75 Å². The largest absolute Gasteiger partial charge is 0.359 e. The molecule has 1 saturated heterocycles. The van der Waals surface area contributed by atoms with Gasteiger partial charge in [-0.1, -0.05) is 39.5 Å². The van der Waals surface area contributed by atoms with Gasteiger partial charge in [-0.05, 0) is 43.9 Å². The Morgan fingerprint density at radius 3 is 2.06 bits per heavy atom. The molecule has 2 fully saturated rings.